The molecule has 5 aromatic rings. The maximum Gasteiger partial charge on any atom is 0.409 e. The van der Waals surface area contributed by atoms with E-state index in [2.05, 4.69) is 0 Å². The lowest BCUT2D eigenvalue weighted by Gasteiger charge is -2.33. The first-order chi connectivity index (χ1) is 21.2. The molecule has 5 rings (SSSR count). The minimum atomic E-state index is -2.82. The predicted molar refractivity (Wildman–Crippen MR) is 168 cm³/mol. The van der Waals surface area contributed by atoms with E-state index in [4.69, 9.17) is 19.9 Å². The number of fused-ring (bicyclic) bond motifs is 1. The van der Waals surface area contributed by atoms with Crippen molar-refractivity contribution >= 4 is 62.1 Å². The van der Waals surface area contributed by atoms with E-state index in [0.29, 0.717) is 44.8 Å². The monoisotopic (exact) mass is 631 g/mol. The number of hydrogen-bond acceptors (Lipinski definition) is 8. The van der Waals surface area contributed by atoms with Crippen LogP contribution in [0.4, 0.5) is 27.5 Å². The fourth-order valence-corrected chi connectivity index (χ4v) is 6.04. The Hall–Kier alpha value is -4.95. The summed E-state index contributed by atoms with van der Waals surface area (Å²) in [6.07, 6.45) is -0.994. The molecule has 2 atom stereocenters. The Morgan fingerprint density at radius 2 is 1.16 bits per heavy atom. The molecule has 0 saturated heterocycles. The van der Waals surface area contributed by atoms with Crippen LogP contribution < -0.4 is 28.6 Å². The summed E-state index contributed by atoms with van der Waals surface area (Å²) in [5, 5.41) is 0.908. The van der Waals surface area contributed by atoms with Gasteiger partial charge in [-0.25, -0.2) is 4.79 Å². The van der Waals surface area contributed by atoms with Crippen molar-refractivity contribution in [1.82, 2.24) is 0 Å². The number of nitrogens with zero attached hydrogens (tertiary/aromatic N) is 2. The minimum Gasteiger partial charge on any atom is -0.755 e. The van der Waals surface area contributed by atoms with E-state index >= 15 is 0 Å². The lowest BCUT2D eigenvalue weighted by atomic mass is 9.96. The van der Waals surface area contributed by atoms with Crippen LogP contribution in [0.5, 0.6) is 17.2 Å². The van der Waals surface area contributed by atoms with Gasteiger partial charge in [-0.05, 0) is 72.3 Å². The van der Waals surface area contributed by atoms with Gasteiger partial charge >= 0.3 is 6.09 Å². The van der Waals surface area contributed by atoms with Gasteiger partial charge in [-0.2, -0.15) is 0 Å². The quantitative estimate of drug-likeness (QED) is 0.188. The van der Waals surface area contributed by atoms with Gasteiger partial charge in [-0.3, -0.25) is 17.0 Å². The van der Waals surface area contributed by atoms with Crippen LogP contribution in [0.3, 0.4) is 0 Å². The van der Waals surface area contributed by atoms with Crippen molar-refractivity contribution in [2.24, 2.45) is 5.73 Å². The fourth-order valence-electron chi connectivity index (χ4n) is 4.80. The van der Waals surface area contributed by atoms with E-state index in [-0.39, 0.29) is 17.1 Å². The third kappa shape index (κ3) is 6.21. The molecule has 226 valence electrons. The molecule has 2 unspecified atom stereocenters. The van der Waals surface area contributed by atoms with Gasteiger partial charge in [0.2, 0.25) is 0 Å². The molecule has 0 fully saturated rings. The van der Waals surface area contributed by atoms with E-state index in [1.807, 2.05) is 0 Å². The molecule has 13 heteroatoms. The van der Waals surface area contributed by atoms with Crippen molar-refractivity contribution in [2.75, 3.05) is 22.8 Å². The molecular weight excluding hydrogens is 606 g/mol. The average molecular weight is 632 g/mol. The smallest absolute Gasteiger partial charge is 0.409 e. The van der Waals surface area contributed by atoms with Crippen LogP contribution in [0.1, 0.15) is 0 Å². The van der Waals surface area contributed by atoms with Crippen molar-refractivity contribution in [3.63, 3.8) is 0 Å². The molecule has 0 aromatic heterocycles. The standard InChI is InChI=1S/C31H27N3O8S2/c1-40-23-15-9-21(10-16-23)33(43(36)37)29-19-28(20-7-13-25(14-8-20)42-31(32)35)30(27-6-4-3-5-26(27)29)34(44(38)39)22-11-17-24(41-2)18-12-22/h3-19H,1-2H3,(H2,32,35)(H,36,37)(H,38,39)/p-2. The van der Waals surface area contributed by atoms with E-state index < -0.39 is 28.6 Å². The van der Waals surface area contributed by atoms with Crippen molar-refractivity contribution in [1.29, 1.82) is 0 Å². The second kappa shape index (κ2) is 13.1. The van der Waals surface area contributed by atoms with Crippen LogP contribution in [0.15, 0.2) is 103 Å². The maximum atomic E-state index is 13.0. The van der Waals surface area contributed by atoms with E-state index in [1.54, 1.807) is 91.0 Å². The summed E-state index contributed by atoms with van der Waals surface area (Å²) < 4.78 is 69.3. The van der Waals surface area contributed by atoms with Crippen molar-refractivity contribution in [3.05, 3.63) is 103 Å². The van der Waals surface area contributed by atoms with Gasteiger partial charge in [0.05, 0.1) is 59.5 Å². The molecule has 0 saturated carbocycles. The third-order valence-electron chi connectivity index (χ3n) is 6.71. The second-order valence-corrected chi connectivity index (χ2v) is 10.8. The summed E-state index contributed by atoms with van der Waals surface area (Å²) in [6.45, 7) is 0. The zero-order chi connectivity index (χ0) is 31.4. The summed E-state index contributed by atoms with van der Waals surface area (Å²) in [5.74, 6) is 1.24. The molecule has 44 heavy (non-hydrogen) atoms. The number of primary amides is 1. The zero-order valence-corrected chi connectivity index (χ0v) is 25.0. The van der Waals surface area contributed by atoms with Crippen molar-refractivity contribution in [2.45, 2.75) is 0 Å². The Labute approximate surface area is 258 Å². The largest absolute Gasteiger partial charge is 0.755 e. The van der Waals surface area contributed by atoms with Crippen molar-refractivity contribution < 1.29 is 36.5 Å². The molecule has 0 bridgehead atoms. The summed E-state index contributed by atoms with van der Waals surface area (Å²) in [7, 11) is 3.01. The number of carbonyl (C=O) groups excluding carboxylic acids is 1. The first-order valence-electron chi connectivity index (χ1n) is 12.9. The number of benzene rings is 5. The van der Waals surface area contributed by atoms with Crippen LogP contribution in [0.25, 0.3) is 21.9 Å². The number of anilines is 4. The number of nitrogens with two attached hydrogens (primary N) is 1. The average Bonchev–Trinajstić information content (AvgIpc) is 3.02. The fraction of sp³-hybridized carbons (Fsp3) is 0.0645. The number of amides is 1. The van der Waals surface area contributed by atoms with Gasteiger partial charge < -0.3 is 29.0 Å². The lowest BCUT2D eigenvalue weighted by Crippen LogP contribution is -2.23. The second-order valence-electron chi connectivity index (χ2n) is 9.20. The zero-order valence-electron chi connectivity index (χ0n) is 23.4. The first-order valence-corrected chi connectivity index (χ1v) is 15.0. The highest BCUT2D eigenvalue weighted by Crippen LogP contribution is 2.47. The van der Waals surface area contributed by atoms with Crippen LogP contribution in [0, 0.1) is 0 Å². The molecule has 5 aromatic carbocycles. The number of ether oxygens (including phenoxy) is 3. The topological polar surface area (TPSA) is 158 Å². The molecule has 0 aliphatic carbocycles. The van der Waals surface area contributed by atoms with Crippen LogP contribution in [0.2, 0.25) is 0 Å². The molecule has 0 heterocycles. The van der Waals surface area contributed by atoms with Gasteiger partial charge in [-0.15, -0.1) is 0 Å². The Morgan fingerprint density at radius 3 is 1.64 bits per heavy atom. The number of hydrogen-bond donors (Lipinski definition) is 1. The Morgan fingerprint density at radius 1 is 0.682 bits per heavy atom. The number of methoxy groups -OCH3 is 2. The van der Waals surface area contributed by atoms with Gasteiger partial charge in [0.1, 0.15) is 17.2 Å². The van der Waals surface area contributed by atoms with Gasteiger partial charge in [-0.1, -0.05) is 36.4 Å². The summed E-state index contributed by atoms with van der Waals surface area (Å²) in [6, 6.07) is 27.6. The minimum absolute atomic E-state index is 0.170. The summed E-state index contributed by atoms with van der Waals surface area (Å²) in [5.41, 5.74) is 7.19. The Balaban J connectivity index is 1.84. The number of carbonyl (C=O) groups is 1. The molecule has 11 nitrogen and oxygen atoms in total. The molecule has 1 amide bonds. The van der Waals surface area contributed by atoms with E-state index in [9.17, 15) is 22.3 Å². The maximum absolute atomic E-state index is 13.0. The number of rotatable bonds is 10. The van der Waals surface area contributed by atoms with Crippen molar-refractivity contribution in [3.8, 4) is 28.4 Å². The van der Waals surface area contributed by atoms with Gasteiger partial charge in [0.25, 0.3) is 0 Å². The third-order valence-corrected chi connectivity index (χ3v) is 8.11. The Kier molecular flexibility index (Phi) is 9.11. The molecule has 0 aliphatic rings. The molecule has 2 N–H and O–H groups in total. The summed E-state index contributed by atoms with van der Waals surface area (Å²) in [4.78, 5) is 11.3. The SMILES string of the molecule is COc1ccc(N(c2cc(-c3ccc(OC(N)=O)cc3)c(N(c3ccc(OC)cc3)S(=O)[O-])c3ccccc23)S(=O)[O-])cc1. The highest BCUT2D eigenvalue weighted by atomic mass is 32.2. The first kappa shape index (κ1) is 30.5. The van der Waals surface area contributed by atoms with Crippen LogP contribution in [-0.4, -0.2) is 37.8 Å². The van der Waals surface area contributed by atoms with Gasteiger partial charge in [0.15, 0.2) is 0 Å². The normalized spacial score (nSPS) is 12.3. The van der Waals surface area contributed by atoms with E-state index in [0.717, 1.165) is 8.61 Å². The molecule has 0 aliphatic heterocycles. The van der Waals surface area contributed by atoms with Crippen LogP contribution in [-0.2, 0) is 22.5 Å². The highest BCUT2D eigenvalue weighted by molar-refractivity contribution is 7.81. The molecular formula is C31H25N3O8S2-2. The highest BCUT2D eigenvalue weighted by Gasteiger charge is 2.24. The van der Waals surface area contributed by atoms with E-state index in [1.165, 1.54) is 26.4 Å². The van der Waals surface area contributed by atoms with Crippen LogP contribution >= 0.6 is 0 Å². The summed E-state index contributed by atoms with van der Waals surface area (Å²) >= 11 is -5.61. The lowest BCUT2D eigenvalue weighted by molar-refractivity contribution is 0.211. The predicted octanol–water partition coefficient (Wildman–Crippen LogP) is 5.85. The Bertz CT molecular complexity index is 1850. The van der Waals surface area contributed by atoms with Gasteiger partial charge in [0, 0.05) is 16.3 Å². The molecule has 0 spiro atoms. The molecule has 0 radical (unpaired) electrons.